The maximum absolute atomic E-state index is 6.16. The van der Waals surface area contributed by atoms with Crippen LogP contribution in [0.4, 0.5) is 0 Å². The molecule has 0 radical (unpaired) electrons. The van der Waals surface area contributed by atoms with Gasteiger partial charge in [-0.2, -0.15) is 0 Å². The molecule has 2 aromatic carbocycles. The molecule has 146 valence electrons. The zero-order valence-electron chi connectivity index (χ0n) is 17.2. The fraction of sp³-hybridized carbons (Fsp3) is 0.200. The molecule has 0 unspecified atom stereocenters. The quantitative estimate of drug-likeness (QED) is 0.373. The second kappa shape index (κ2) is 7.84. The van der Waals surface area contributed by atoms with E-state index in [0.717, 1.165) is 39.9 Å². The van der Waals surface area contributed by atoms with E-state index in [4.69, 9.17) is 16.6 Å². The van der Waals surface area contributed by atoms with Gasteiger partial charge in [-0.25, -0.2) is 4.98 Å². The van der Waals surface area contributed by atoms with Gasteiger partial charge in [-0.15, -0.1) is 0 Å². The Labute approximate surface area is 177 Å². The first kappa shape index (κ1) is 19.4. The molecule has 29 heavy (non-hydrogen) atoms. The van der Waals surface area contributed by atoms with Crippen LogP contribution in [0.15, 0.2) is 60.9 Å². The van der Waals surface area contributed by atoms with Crippen LogP contribution in [0.5, 0.6) is 0 Å². The van der Waals surface area contributed by atoms with Gasteiger partial charge < -0.3 is 4.57 Å². The summed E-state index contributed by atoms with van der Waals surface area (Å²) in [6.45, 7) is 9.45. The zero-order valence-corrected chi connectivity index (χ0v) is 18.0. The second-order valence-electron chi connectivity index (χ2n) is 7.39. The predicted octanol–water partition coefficient (Wildman–Crippen LogP) is 6.88. The summed E-state index contributed by atoms with van der Waals surface area (Å²) in [5.74, 6) is 0.999. The molecule has 0 saturated heterocycles. The smallest absolute Gasteiger partial charge is 0.141 e. The third-order valence-electron chi connectivity index (χ3n) is 5.26. The summed E-state index contributed by atoms with van der Waals surface area (Å²) >= 11 is 6.16. The van der Waals surface area contributed by atoms with E-state index >= 15 is 0 Å². The lowest BCUT2D eigenvalue weighted by Crippen LogP contribution is -2.03. The molecule has 0 aliphatic rings. The number of hydrogen-bond donors (Lipinski definition) is 0. The summed E-state index contributed by atoms with van der Waals surface area (Å²) in [6.07, 6.45) is 3.63. The SMILES string of the molecule is CCn1c(-c2c(C)cc(C)cc2C)nc(-c2ccncc2)c1-c1ccc(Cl)cc1. The number of halogens is 1. The number of hydrogen-bond acceptors (Lipinski definition) is 2. The summed E-state index contributed by atoms with van der Waals surface area (Å²) in [7, 11) is 0. The van der Waals surface area contributed by atoms with Crippen molar-refractivity contribution in [3.8, 4) is 33.9 Å². The van der Waals surface area contributed by atoms with E-state index in [1.54, 1.807) is 0 Å². The molecule has 3 nitrogen and oxygen atoms in total. The molecule has 4 heteroatoms. The molecular weight excluding hydrogens is 378 g/mol. The Morgan fingerprint density at radius 2 is 1.48 bits per heavy atom. The van der Waals surface area contributed by atoms with Crippen LogP contribution in [0.25, 0.3) is 33.9 Å². The largest absolute Gasteiger partial charge is 0.324 e. The highest BCUT2D eigenvalue weighted by molar-refractivity contribution is 6.30. The molecule has 2 aromatic heterocycles. The second-order valence-corrected chi connectivity index (χ2v) is 7.83. The Kier molecular flexibility index (Phi) is 5.25. The third-order valence-corrected chi connectivity index (χ3v) is 5.51. The van der Waals surface area contributed by atoms with Gasteiger partial charge in [-0.3, -0.25) is 4.98 Å². The normalized spacial score (nSPS) is 11.1. The number of benzene rings is 2. The highest BCUT2D eigenvalue weighted by Gasteiger charge is 2.22. The predicted molar refractivity (Wildman–Crippen MR) is 121 cm³/mol. The first-order valence-corrected chi connectivity index (χ1v) is 10.2. The Balaban J connectivity index is 2.06. The van der Waals surface area contributed by atoms with E-state index in [1.807, 2.05) is 36.7 Å². The Bertz CT molecular complexity index is 1140. The van der Waals surface area contributed by atoms with Crippen molar-refractivity contribution in [2.75, 3.05) is 0 Å². The number of aromatic nitrogens is 3. The van der Waals surface area contributed by atoms with Gasteiger partial charge in [0.15, 0.2) is 0 Å². The number of imidazole rings is 1. The van der Waals surface area contributed by atoms with Crippen molar-refractivity contribution in [3.05, 3.63) is 82.6 Å². The fourth-order valence-electron chi connectivity index (χ4n) is 4.10. The molecule has 0 saturated carbocycles. The van der Waals surface area contributed by atoms with E-state index in [9.17, 15) is 0 Å². The first-order valence-electron chi connectivity index (χ1n) is 9.84. The third kappa shape index (κ3) is 3.58. The summed E-state index contributed by atoms with van der Waals surface area (Å²) in [6, 6.07) is 16.5. The maximum atomic E-state index is 6.16. The molecule has 0 fully saturated rings. The first-order chi connectivity index (χ1) is 14.0. The Morgan fingerprint density at radius 3 is 2.07 bits per heavy atom. The monoisotopic (exact) mass is 401 g/mol. The Hall–Kier alpha value is -2.91. The van der Waals surface area contributed by atoms with Crippen molar-refractivity contribution in [3.63, 3.8) is 0 Å². The molecule has 0 aliphatic heterocycles. The summed E-state index contributed by atoms with van der Waals surface area (Å²) in [5, 5.41) is 0.729. The minimum absolute atomic E-state index is 0.729. The highest BCUT2D eigenvalue weighted by atomic mass is 35.5. The number of rotatable bonds is 4. The number of nitrogens with zero attached hydrogens (tertiary/aromatic N) is 3. The minimum Gasteiger partial charge on any atom is -0.324 e. The van der Waals surface area contributed by atoms with Gasteiger partial charge in [-0.1, -0.05) is 41.4 Å². The van der Waals surface area contributed by atoms with Crippen LogP contribution in [0.3, 0.4) is 0 Å². The van der Waals surface area contributed by atoms with E-state index in [-0.39, 0.29) is 0 Å². The molecule has 0 N–H and O–H groups in total. The average Bonchev–Trinajstić information content (AvgIpc) is 3.07. The van der Waals surface area contributed by atoms with E-state index in [2.05, 4.69) is 61.5 Å². The lowest BCUT2D eigenvalue weighted by atomic mass is 9.99. The van der Waals surface area contributed by atoms with Gasteiger partial charge in [0.05, 0.1) is 11.4 Å². The van der Waals surface area contributed by atoms with Crippen LogP contribution in [-0.4, -0.2) is 14.5 Å². The number of pyridine rings is 1. The molecule has 2 heterocycles. The van der Waals surface area contributed by atoms with Gasteiger partial charge in [-0.05, 0) is 63.1 Å². The van der Waals surface area contributed by atoms with Crippen LogP contribution in [0, 0.1) is 20.8 Å². The zero-order chi connectivity index (χ0) is 20.5. The van der Waals surface area contributed by atoms with Crippen LogP contribution >= 0.6 is 11.6 Å². The fourth-order valence-corrected chi connectivity index (χ4v) is 4.22. The van der Waals surface area contributed by atoms with Crippen molar-refractivity contribution in [2.45, 2.75) is 34.2 Å². The van der Waals surface area contributed by atoms with Crippen LogP contribution in [0.1, 0.15) is 23.6 Å². The maximum Gasteiger partial charge on any atom is 0.141 e. The van der Waals surface area contributed by atoms with Crippen molar-refractivity contribution in [1.82, 2.24) is 14.5 Å². The van der Waals surface area contributed by atoms with Crippen molar-refractivity contribution >= 4 is 11.6 Å². The topological polar surface area (TPSA) is 30.7 Å². The van der Waals surface area contributed by atoms with Crippen LogP contribution in [-0.2, 0) is 6.54 Å². The van der Waals surface area contributed by atoms with Crippen molar-refractivity contribution < 1.29 is 0 Å². The van der Waals surface area contributed by atoms with Gasteiger partial charge in [0, 0.05) is 40.7 Å². The van der Waals surface area contributed by atoms with Gasteiger partial charge in [0.2, 0.25) is 0 Å². The van der Waals surface area contributed by atoms with E-state index in [1.165, 1.54) is 22.3 Å². The highest BCUT2D eigenvalue weighted by Crippen LogP contribution is 2.38. The van der Waals surface area contributed by atoms with Gasteiger partial charge in [0.1, 0.15) is 5.82 Å². The average molecular weight is 402 g/mol. The molecule has 0 amide bonds. The molecule has 0 aliphatic carbocycles. The van der Waals surface area contributed by atoms with Crippen molar-refractivity contribution in [1.29, 1.82) is 0 Å². The lowest BCUT2D eigenvalue weighted by molar-refractivity contribution is 0.777. The molecular formula is C25H24ClN3. The number of aryl methyl sites for hydroxylation is 3. The molecule has 4 aromatic rings. The van der Waals surface area contributed by atoms with Gasteiger partial charge >= 0.3 is 0 Å². The van der Waals surface area contributed by atoms with Crippen molar-refractivity contribution in [2.24, 2.45) is 0 Å². The van der Waals surface area contributed by atoms with Crippen LogP contribution in [0.2, 0.25) is 5.02 Å². The van der Waals surface area contributed by atoms with Crippen LogP contribution < -0.4 is 0 Å². The minimum atomic E-state index is 0.729. The van der Waals surface area contributed by atoms with E-state index < -0.39 is 0 Å². The summed E-state index contributed by atoms with van der Waals surface area (Å²) in [4.78, 5) is 9.35. The Morgan fingerprint density at radius 1 is 0.862 bits per heavy atom. The standard InChI is InChI=1S/C25H24ClN3/c1-5-29-24(20-6-8-21(26)9-7-20)23(19-10-12-27-13-11-19)28-25(29)22-17(3)14-16(2)15-18(22)4/h6-15H,5H2,1-4H3. The van der Waals surface area contributed by atoms with E-state index in [0.29, 0.717) is 0 Å². The summed E-state index contributed by atoms with van der Waals surface area (Å²) in [5.41, 5.74) is 9.18. The van der Waals surface area contributed by atoms with Gasteiger partial charge in [0.25, 0.3) is 0 Å². The molecule has 0 spiro atoms. The lowest BCUT2D eigenvalue weighted by Gasteiger charge is -2.14. The molecule has 0 atom stereocenters. The summed E-state index contributed by atoms with van der Waals surface area (Å²) < 4.78 is 2.31. The molecule has 4 rings (SSSR count). The molecule has 0 bridgehead atoms.